The van der Waals surface area contributed by atoms with Crippen LogP contribution in [-0.2, 0) is 23.9 Å². The van der Waals surface area contributed by atoms with E-state index in [-0.39, 0.29) is 82.7 Å². The third-order valence-electron chi connectivity index (χ3n) is 19.2. The number of likely N-dealkylation sites (tertiary alicyclic amines) is 2. The molecule has 7 fully saturated rings. The molecule has 2 aliphatic heterocycles. The maximum Gasteiger partial charge on any atom is 0.309 e. The average molecular weight is 797 g/mol. The van der Waals surface area contributed by atoms with Crippen molar-refractivity contribution in [3.8, 4) is 0 Å². The van der Waals surface area contributed by atoms with Crippen molar-refractivity contribution < 1.29 is 37.8 Å². The summed E-state index contributed by atoms with van der Waals surface area (Å²) in [5.41, 5.74) is 0.218. The number of rotatable bonds is 7. The van der Waals surface area contributed by atoms with Crippen LogP contribution in [0, 0.1) is 68.0 Å². The van der Waals surface area contributed by atoms with Gasteiger partial charge in [0.05, 0.1) is 23.8 Å². The number of Topliss-reactive ketones (excluding diaryl/α,β-unsaturated/α-hetero) is 1. The molecule has 5 saturated carbocycles. The molecule has 6 aliphatic carbocycles. The van der Waals surface area contributed by atoms with Gasteiger partial charge in [-0.15, -0.1) is 0 Å². The largest absolute Gasteiger partial charge is 0.481 e. The van der Waals surface area contributed by atoms with Crippen LogP contribution in [0.5, 0.6) is 0 Å². The van der Waals surface area contributed by atoms with E-state index in [0.29, 0.717) is 44.3 Å². The highest BCUT2D eigenvalue weighted by Gasteiger charge is 2.71. The highest BCUT2D eigenvalue weighted by atomic mass is 19.3. The van der Waals surface area contributed by atoms with Gasteiger partial charge in [0, 0.05) is 43.9 Å². The number of halogens is 2. The second-order valence-corrected chi connectivity index (χ2v) is 22.7. The number of aliphatic carboxylic acids is 1. The topological polar surface area (TPSA) is 104 Å². The summed E-state index contributed by atoms with van der Waals surface area (Å²) in [4.78, 5) is 58.8. The third kappa shape index (κ3) is 5.83. The Kier molecular flexibility index (Phi) is 9.67. The number of alkyl halides is 2. The summed E-state index contributed by atoms with van der Waals surface area (Å²) in [5, 5.41) is 9.67. The quantitative estimate of drug-likeness (QED) is 0.257. The minimum absolute atomic E-state index is 0.0174. The highest BCUT2D eigenvalue weighted by molar-refractivity contribution is 6.07. The van der Waals surface area contributed by atoms with Gasteiger partial charge in [-0.25, -0.2) is 8.78 Å². The van der Waals surface area contributed by atoms with Gasteiger partial charge in [-0.1, -0.05) is 62.3 Å². The first-order chi connectivity index (χ1) is 26.4. The molecule has 0 radical (unpaired) electrons. The first-order valence-electron chi connectivity index (χ1n) is 22.6. The zero-order valence-electron chi connectivity index (χ0n) is 36.3. The van der Waals surface area contributed by atoms with E-state index in [4.69, 9.17) is 4.74 Å². The number of ketones is 1. The predicted molar refractivity (Wildman–Crippen MR) is 213 cm³/mol. The Hall–Kier alpha value is -2.36. The fraction of sp³-hybridized carbons (Fsp3) is 0.872. The van der Waals surface area contributed by atoms with Gasteiger partial charge in [0.2, 0.25) is 5.91 Å². The molecule has 2 heterocycles. The summed E-state index contributed by atoms with van der Waals surface area (Å²) in [6, 6.07) is -0.100. The van der Waals surface area contributed by atoms with Crippen LogP contribution >= 0.6 is 0 Å². The lowest BCUT2D eigenvalue weighted by Gasteiger charge is -2.72. The molecule has 57 heavy (non-hydrogen) atoms. The molecule has 2 saturated heterocycles. The van der Waals surface area contributed by atoms with Crippen molar-refractivity contribution in [2.75, 3.05) is 26.2 Å². The Bertz CT molecular complexity index is 1760. The summed E-state index contributed by atoms with van der Waals surface area (Å²) in [6.45, 7) is 21.3. The summed E-state index contributed by atoms with van der Waals surface area (Å²) in [6.07, 6.45) is 9.23. The van der Waals surface area contributed by atoms with Crippen LogP contribution in [0.1, 0.15) is 146 Å². The second-order valence-electron chi connectivity index (χ2n) is 22.7. The third-order valence-corrected chi connectivity index (χ3v) is 19.2. The monoisotopic (exact) mass is 797 g/mol. The number of carbonyl (C=O) groups excluding carboxylic acids is 3. The minimum atomic E-state index is -2.67. The Morgan fingerprint density at radius 2 is 1.54 bits per heavy atom. The SMILES string of the molecule is CC(C)C1=C2[C@H]3CC[C@@H]4[C@@]5(C)CC[C@H](OC(=O)[C@H]6C[C@@H](C(=O)O)C6(C)C)C(C)(C)[C@@H]5CC[C@@]4(C)[C@]3(C)CC[C@@]2(C(=O)N2CCCC2CN2CCC(F)(F)C2)CC1=O. The van der Waals surface area contributed by atoms with Crippen molar-refractivity contribution in [2.24, 2.45) is 68.0 Å². The summed E-state index contributed by atoms with van der Waals surface area (Å²) >= 11 is 0. The Morgan fingerprint density at radius 3 is 2.18 bits per heavy atom. The van der Waals surface area contributed by atoms with Crippen LogP contribution < -0.4 is 0 Å². The van der Waals surface area contributed by atoms with Crippen LogP contribution in [0.3, 0.4) is 0 Å². The molecule has 0 bridgehead atoms. The molecule has 1 unspecified atom stereocenters. The maximum absolute atomic E-state index is 15.2. The van der Waals surface area contributed by atoms with Crippen molar-refractivity contribution in [2.45, 2.75) is 164 Å². The standard InChI is InChI=1S/C47H70F2N2O6/c1-27(2)36-32(52)24-46(40(56)51-21-10-11-28(51)25-50-22-20-47(48,49)26-50)19-18-44(8)29(37(36)46)12-13-34-43(7)16-15-35(42(5,6)33(43)14-17-45(34,44)9)57-39(55)31-23-30(38(53)54)41(31,3)4/h27-31,33-35H,10-26H2,1-9H3,(H,53,54)/t28?,29-,30+,31-,33+,34-,35+,43+,44-,45-,46-/m1/s1. The van der Waals surface area contributed by atoms with Crippen molar-refractivity contribution in [3.63, 3.8) is 0 Å². The fourth-order valence-corrected chi connectivity index (χ4v) is 15.9. The van der Waals surface area contributed by atoms with Gasteiger partial charge < -0.3 is 14.7 Å². The Labute approximate surface area is 339 Å². The number of carboxylic acids is 1. The van der Waals surface area contributed by atoms with Gasteiger partial charge in [-0.05, 0) is 127 Å². The summed E-state index contributed by atoms with van der Waals surface area (Å²) in [5.74, 6) is -3.54. The fourth-order valence-electron chi connectivity index (χ4n) is 15.9. The Morgan fingerprint density at radius 1 is 0.825 bits per heavy atom. The van der Waals surface area contributed by atoms with Crippen molar-refractivity contribution in [1.82, 2.24) is 9.80 Å². The van der Waals surface area contributed by atoms with Crippen LogP contribution in [0.2, 0.25) is 0 Å². The lowest BCUT2D eigenvalue weighted by molar-refractivity contribution is -0.236. The number of carboxylic acid groups (broad SMARTS) is 1. The number of carbonyl (C=O) groups is 4. The number of nitrogens with zero attached hydrogens (tertiary/aromatic N) is 2. The van der Waals surface area contributed by atoms with Gasteiger partial charge in [0.15, 0.2) is 5.78 Å². The average Bonchev–Trinajstić information content (AvgIpc) is 3.80. The maximum atomic E-state index is 15.2. The van der Waals surface area contributed by atoms with E-state index in [1.807, 2.05) is 23.6 Å². The van der Waals surface area contributed by atoms with Gasteiger partial charge in [0.25, 0.3) is 5.92 Å². The predicted octanol–water partition coefficient (Wildman–Crippen LogP) is 8.96. The molecule has 8 nitrogen and oxygen atoms in total. The van der Waals surface area contributed by atoms with E-state index in [2.05, 4.69) is 48.5 Å². The van der Waals surface area contributed by atoms with Gasteiger partial charge in [-0.3, -0.25) is 24.1 Å². The minimum Gasteiger partial charge on any atom is -0.481 e. The van der Waals surface area contributed by atoms with Crippen molar-refractivity contribution in [3.05, 3.63) is 11.1 Å². The molecule has 0 spiro atoms. The molecule has 1 N–H and O–H groups in total. The van der Waals surface area contributed by atoms with E-state index >= 15 is 4.79 Å². The van der Waals surface area contributed by atoms with E-state index in [9.17, 15) is 28.3 Å². The molecule has 0 aromatic heterocycles. The second kappa shape index (κ2) is 13.3. The summed E-state index contributed by atoms with van der Waals surface area (Å²) in [7, 11) is 0. The number of fused-ring (bicyclic) bond motifs is 7. The molecule has 0 aromatic carbocycles. The summed E-state index contributed by atoms with van der Waals surface area (Å²) < 4.78 is 34.8. The van der Waals surface area contributed by atoms with Gasteiger partial charge in [0.1, 0.15) is 6.10 Å². The number of amides is 1. The molecule has 1 amide bonds. The van der Waals surface area contributed by atoms with Crippen LogP contribution in [-0.4, -0.2) is 82.8 Å². The van der Waals surface area contributed by atoms with Crippen molar-refractivity contribution in [1.29, 1.82) is 0 Å². The van der Waals surface area contributed by atoms with Crippen LogP contribution in [0.15, 0.2) is 11.1 Å². The Balaban J connectivity index is 1.05. The molecule has 8 rings (SSSR count). The number of ether oxygens (including phenoxy) is 1. The normalized spacial score (nSPS) is 44.5. The molecule has 0 aromatic rings. The smallest absolute Gasteiger partial charge is 0.309 e. The first-order valence-corrected chi connectivity index (χ1v) is 22.6. The number of hydrogen-bond acceptors (Lipinski definition) is 6. The van der Waals surface area contributed by atoms with Crippen LogP contribution in [0.4, 0.5) is 8.78 Å². The number of hydrogen-bond donors (Lipinski definition) is 1. The molecular formula is C47H70F2N2O6. The van der Waals surface area contributed by atoms with Gasteiger partial charge >= 0.3 is 11.9 Å². The molecule has 8 aliphatic rings. The van der Waals surface area contributed by atoms with Gasteiger partial charge in [-0.2, -0.15) is 0 Å². The van der Waals surface area contributed by atoms with Crippen LogP contribution in [0.25, 0.3) is 0 Å². The first kappa shape index (κ1) is 41.4. The zero-order chi connectivity index (χ0) is 41.5. The molecule has 11 atom stereocenters. The van der Waals surface area contributed by atoms with Crippen molar-refractivity contribution >= 4 is 23.6 Å². The molecule has 10 heteroatoms. The molecular weight excluding hydrogens is 727 g/mol. The lowest BCUT2D eigenvalue weighted by Crippen LogP contribution is -2.66. The van der Waals surface area contributed by atoms with E-state index in [1.54, 1.807) is 0 Å². The number of esters is 1. The van der Waals surface area contributed by atoms with E-state index < -0.39 is 34.6 Å². The lowest BCUT2D eigenvalue weighted by atomic mass is 9.33. The van der Waals surface area contributed by atoms with E-state index in [0.717, 1.165) is 68.9 Å². The number of allylic oxidation sites excluding steroid dienone is 1. The zero-order valence-corrected chi connectivity index (χ0v) is 36.3. The molecule has 318 valence electrons. The van der Waals surface area contributed by atoms with E-state index in [1.165, 1.54) is 0 Å². The highest BCUT2D eigenvalue weighted by Crippen LogP contribution is 2.77.